The highest BCUT2D eigenvalue weighted by molar-refractivity contribution is 7.09. The highest BCUT2D eigenvalue weighted by Crippen LogP contribution is 2.33. The summed E-state index contributed by atoms with van der Waals surface area (Å²) in [4.78, 5) is 25.8. The van der Waals surface area contributed by atoms with Gasteiger partial charge in [-0.25, -0.2) is 0 Å². The Morgan fingerprint density at radius 3 is 2.91 bits per heavy atom. The second-order valence-corrected chi connectivity index (χ2v) is 6.20. The van der Waals surface area contributed by atoms with E-state index in [-0.39, 0.29) is 0 Å². The number of rotatable bonds is 4. The highest BCUT2D eigenvalue weighted by atomic mass is 32.1. The highest BCUT2D eigenvalue weighted by Gasteiger charge is 2.46. The van der Waals surface area contributed by atoms with Crippen LogP contribution in [-0.2, 0) is 16.0 Å². The average Bonchev–Trinajstić information content (AvgIpc) is 3.01. The molecule has 0 radical (unpaired) electrons. The van der Waals surface area contributed by atoms with Gasteiger partial charge in [-0.15, -0.1) is 11.3 Å². The number of thiophene rings is 1. The van der Waals surface area contributed by atoms with Crippen molar-refractivity contribution in [2.75, 3.05) is 11.9 Å². The molecular formula is C16H16N2O3S. The zero-order valence-electron chi connectivity index (χ0n) is 12.1. The SMILES string of the molecule is CC1(C(=O)NCCc2cccs2)Oc2ccccc2NC1=O. The monoisotopic (exact) mass is 316 g/mol. The maximum Gasteiger partial charge on any atom is 0.278 e. The number of carbonyl (C=O) groups is 2. The molecule has 2 heterocycles. The summed E-state index contributed by atoms with van der Waals surface area (Å²) in [7, 11) is 0. The largest absolute Gasteiger partial charge is 0.466 e. The van der Waals surface area contributed by atoms with Crippen LogP contribution in [0.2, 0.25) is 0 Å². The van der Waals surface area contributed by atoms with E-state index in [0.29, 0.717) is 18.0 Å². The van der Waals surface area contributed by atoms with Crippen molar-refractivity contribution in [3.63, 3.8) is 0 Å². The molecule has 2 aromatic rings. The Hall–Kier alpha value is -2.34. The molecule has 0 fully saturated rings. The van der Waals surface area contributed by atoms with E-state index in [1.807, 2.05) is 17.5 Å². The van der Waals surface area contributed by atoms with Crippen LogP contribution in [0.5, 0.6) is 5.75 Å². The first-order valence-electron chi connectivity index (χ1n) is 7.00. The molecule has 0 saturated carbocycles. The van der Waals surface area contributed by atoms with E-state index in [4.69, 9.17) is 4.74 Å². The molecule has 1 aromatic heterocycles. The second-order valence-electron chi connectivity index (χ2n) is 5.17. The van der Waals surface area contributed by atoms with Crippen molar-refractivity contribution < 1.29 is 14.3 Å². The predicted molar refractivity (Wildman–Crippen MR) is 85.1 cm³/mol. The molecule has 1 aromatic carbocycles. The molecule has 1 atom stereocenters. The van der Waals surface area contributed by atoms with E-state index >= 15 is 0 Å². The van der Waals surface area contributed by atoms with Crippen LogP contribution < -0.4 is 15.4 Å². The lowest BCUT2D eigenvalue weighted by Gasteiger charge is -2.33. The fourth-order valence-electron chi connectivity index (χ4n) is 2.24. The van der Waals surface area contributed by atoms with E-state index in [0.717, 1.165) is 6.42 Å². The normalized spacial score (nSPS) is 19.8. The summed E-state index contributed by atoms with van der Waals surface area (Å²) in [6.45, 7) is 1.95. The molecule has 22 heavy (non-hydrogen) atoms. The summed E-state index contributed by atoms with van der Waals surface area (Å²) in [5.74, 6) is -0.395. The van der Waals surface area contributed by atoms with Crippen LogP contribution in [-0.4, -0.2) is 24.0 Å². The van der Waals surface area contributed by atoms with Gasteiger partial charge in [0, 0.05) is 11.4 Å². The number of carbonyl (C=O) groups excluding carboxylic acids is 2. The van der Waals surface area contributed by atoms with Crippen LogP contribution in [0.3, 0.4) is 0 Å². The van der Waals surface area contributed by atoms with Gasteiger partial charge in [0.2, 0.25) is 0 Å². The van der Waals surface area contributed by atoms with Crippen LogP contribution in [0.25, 0.3) is 0 Å². The molecule has 0 spiro atoms. The molecule has 1 unspecified atom stereocenters. The van der Waals surface area contributed by atoms with Gasteiger partial charge in [-0.2, -0.15) is 0 Å². The summed E-state index contributed by atoms with van der Waals surface area (Å²) in [5.41, 5.74) is -0.972. The lowest BCUT2D eigenvalue weighted by atomic mass is 10.0. The van der Waals surface area contributed by atoms with Gasteiger partial charge in [0.1, 0.15) is 5.75 Å². The Bertz CT molecular complexity index is 699. The number of anilines is 1. The second kappa shape index (κ2) is 5.81. The van der Waals surface area contributed by atoms with Crippen molar-refractivity contribution >= 4 is 28.8 Å². The third-order valence-corrected chi connectivity index (χ3v) is 4.49. The lowest BCUT2D eigenvalue weighted by molar-refractivity contribution is -0.146. The van der Waals surface area contributed by atoms with E-state index < -0.39 is 17.4 Å². The first kappa shape index (κ1) is 14.6. The Kier molecular flexibility index (Phi) is 3.85. The summed E-state index contributed by atoms with van der Waals surface area (Å²) >= 11 is 1.64. The minimum absolute atomic E-state index is 0.434. The molecule has 3 rings (SSSR count). The third kappa shape index (κ3) is 2.69. The van der Waals surface area contributed by atoms with Gasteiger partial charge in [0.05, 0.1) is 5.69 Å². The standard InChI is InChI=1S/C16H16N2O3S/c1-16(14(19)17-9-8-11-5-4-10-22-11)15(20)18-12-6-2-3-7-13(12)21-16/h2-7,10H,8-9H2,1H3,(H,17,19)(H,18,20). The maximum absolute atomic E-state index is 12.4. The number of ether oxygens (including phenoxy) is 1. The quantitative estimate of drug-likeness (QED) is 0.850. The zero-order valence-corrected chi connectivity index (χ0v) is 12.9. The smallest absolute Gasteiger partial charge is 0.278 e. The van der Waals surface area contributed by atoms with Gasteiger partial charge in [-0.1, -0.05) is 18.2 Å². The van der Waals surface area contributed by atoms with Crippen molar-refractivity contribution in [3.8, 4) is 5.75 Å². The van der Waals surface area contributed by atoms with Gasteiger partial charge in [0.15, 0.2) is 0 Å². The van der Waals surface area contributed by atoms with Crippen molar-refractivity contribution in [1.29, 1.82) is 0 Å². The minimum Gasteiger partial charge on any atom is -0.466 e. The number of nitrogens with one attached hydrogen (secondary N) is 2. The van der Waals surface area contributed by atoms with E-state index in [2.05, 4.69) is 10.6 Å². The molecule has 0 bridgehead atoms. The van der Waals surface area contributed by atoms with Gasteiger partial charge in [-0.3, -0.25) is 9.59 Å². The molecule has 1 aliphatic rings. The molecule has 0 saturated heterocycles. The van der Waals surface area contributed by atoms with Crippen LogP contribution >= 0.6 is 11.3 Å². The Morgan fingerprint density at radius 2 is 2.14 bits per heavy atom. The van der Waals surface area contributed by atoms with Crippen molar-refractivity contribution in [3.05, 3.63) is 46.7 Å². The first-order valence-corrected chi connectivity index (χ1v) is 7.88. The van der Waals surface area contributed by atoms with Crippen LogP contribution in [0.4, 0.5) is 5.69 Å². The Morgan fingerprint density at radius 1 is 1.32 bits per heavy atom. The number of fused-ring (bicyclic) bond motifs is 1. The van der Waals surface area contributed by atoms with Gasteiger partial charge in [-0.05, 0) is 36.9 Å². The molecule has 114 valence electrons. The minimum atomic E-state index is -1.55. The molecule has 2 amide bonds. The lowest BCUT2D eigenvalue weighted by Crippen LogP contribution is -2.58. The Balaban J connectivity index is 1.67. The Labute approximate surface area is 132 Å². The number of amides is 2. The zero-order chi connectivity index (χ0) is 15.6. The number of hydrogen-bond donors (Lipinski definition) is 2. The summed E-state index contributed by atoms with van der Waals surface area (Å²) < 4.78 is 5.66. The van der Waals surface area contributed by atoms with E-state index in [9.17, 15) is 9.59 Å². The molecule has 1 aliphatic heterocycles. The van der Waals surface area contributed by atoms with Crippen molar-refractivity contribution in [2.45, 2.75) is 18.9 Å². The summed E-state index contributed by atoms with van der Waals surface area (Å²) in [6, 6.07) is 11.0. The molecule has 5 nitrogen and oxygen atoms in total. The topological polar surface area (TPSA) is 67.4 Å². The van der Waals surface area contributed by atoms with Crippen LogP contribution in [0.15, 0.2) is 41.8 Å². The molecule has 2 N–H and O–H groups in total. The van der Waals surface area contributed by atoms with Gasteiger partial charge in [0.25, 0.3) is 17.4 Å². The van der Waals surface area contributed by atoms with E-state index in [1.54, 1.807) is 35.6 Å². The third-order valence-electron chi connectivity index (χ3n) is 3.55. The first-order chi connectivity index (χ1) is 10.6. The van der Waals surface area contributed by atoms with Crippen molar-refractivity contribution in [1.82, 2.24) is 5.32 Å². The number of benzene rings is 1. The molecule has 0 aliphatic carbocycles. The number of para-hydroxylation sites is 2. The van der Waals surface area contributed by atoms with Crippen LogP contribution in [0.1, 0.15) is 11.8 Å². The van der Waals surface area contributed by atoms with Crippen LogP contribution in [0, 0.1) is 0 Å². The molecular weight excluding hydrogens is 300 g/mol. The summed E-state index contributed by atoms with van der Waals surface area (Å²) in [6.07, 6.45) is 0.734. The maximum atomic E-state index is 12.4. The van der Waals surface area contributed by atoms with Crippen molar-refractivity contribution in [2.24, 2.45) is 0 Å². The average molecular weight is 316 g/mol. The summed E-state index contributed by atoms with van der Waals surface area (Å²) in [5, 5.41) is 7.48. The predicted octanol–water partition coefficient (Wildman–Crippen LogP) is 2.20. The fraction of sp³-hybridized carbons (Fsp3) is 0.250. The fourth-order valence-corrected chi connectivity index (χ4v) is 2.95. The van der Waals surface area contributed by atoms with E-state index in [1.165, 1.54) is 11.8 Å². The van der Waals surface area contributed by atoms with Gasteiger partial charge < -0.3 is 15.4 Å². The number of hydrogen-bond acceptors (Lipinski definition) is 4. The van der Waals surface area contributed by atoms with Gasteiger partial charge >= 0.3 is 0 Å². The molecule has 6 heteroatoms.